The van der Waals surface area contributed by atoms with Gasteiger partial charge in [-0.25, -0.2) is 13.2 Å². The minimum Gasteiger partial charge on any atom is -0.480 e. The van der Waals surface area contributed by atoms with Gasteiger partial charge in [0.25, 0.3) is 5.91 Å². The van der Waals surface area contributed by atoms with Gasteiger partial charge in [-0.3, -0.25) is 4.79 Å². The molecule has 1 fully saturated rings. The third-order valence-corrected chi connectivity index (χ3v) is 6.02. The largest absolute Gasteiger partial charge is 0.480 e. The number of carbonyl (C=O) groups is 2. The Kier molecular flexibility index (Phi) is 6.70. The van der Waals surface area contributed by atoms with E-state index < -0.39 is 27.9 Å². The Hall–Kier alpha value is -2.01. The number of rotatable bonds is 7. The third-order valence-electron chi connectivity index (χ3n) is 3.97. The summed E-state index contributed by atoms with van der Waals surface area (Å²) in [4.78, 5) is 23.5. The molecule has 2 rings (SSSR count). The highest BCUT2D eigenvalue weighted by atomic mass is 32.2. The zero-order chi connectivity index (χ0) is 19.3. The number of amides is 1. The van der Waals surface area contributed by atoms with Crippen LogP contribution < -0.4 is 5.32 Å². The summed E-state index contributed by atoms with van der Waals surface area (Å²) in [6.45, 7) is 2.55. The van der Waals surface area contributed by atoms with Crippen LogP contribution in [0.3, 0.4) is 0 Å². The van der Waals surface area contributed by atoms with Crippen molar-refractivity contribution in [1.29, 1.82) is 0 Å². The molecule has 1 aliphatic heterocycles. The number of methoxy groups -OCH3 is 1. The van der Waals surface area contributed by atoms with Crippen LogP contribution in [0.4, 0.5) is 0 Å². The monoisotopic (exact) mass is 386 g/mol. The second-order valence-corrected chi connectivity index (χ2v) is 7.72. The molecule has 9 nitrogen and oxygen atoms in total. The van der Waals surface area contributed by atoms with Crippen LogP contribution >= 0.6 is 0 Å². The number of aliphatic carboxylic acids is 1. The first-order chi connectivity index (χ1) is 12.3. The fraction of sp³-hybridized carbons (Fsp3) is 0.500. The fourth-order valence-electron chi connectivity index (χ4n) is 2.53. The molecule has 1 unspecified atom stereocenters. The summed E-state index contributed by atoms with van der Waals surface area (Å²) in [7, 11) is -2.45. The Labute approximate surface area is 151 Å². The van der Waals surface area contributed by atoms with E-state index in [0.29, 0.717) is 18.8 Å². The van der Waals surface area contributed by atoms with E-state index in [9.17, 15) is 18.0 Å². The number of hydrogen-bond acceptors (Lipinski definition) is 6. The summed E-state index contributed by atoms with van der Waals surface area (Å²) in [5.41, 5.74) is 0.560. The molecule has 0 radical (unpaired) electrons. The quantitative estimate of drug-likeness (QED) is 0.668. The van der Waals surface area contributed by atoms with Gasteiger partial charge in [-0.1, -0.05) is 6.07 Å². The number of aryl methyl sites for hydroxylation is 1. The van der Waals surface area contributed by atoms with Crippen LogP contribution in [0.15, 0.2) is 23.1 Å². The maximum atomic E-state index is 12.8. The molecular weight excluding hydrogens is 364 g/mol. The molecule has 0 aliphatic carbocycles. The minimum atomic E-state index is -3.77. The summed E-state index contributed by atoms with van der Waals surface area (Å²) in [6.07, 6.45) is 0. The number of nitrogens with one attached hydrogen (secondary N) is 1. The van der Waals surface area contributed by atoms with Crippen LogP contribution in [0.1, 0.15) is 15.9 Å². The zero-order valence-electron chi connectivity index (χ0n) is 14.6. The van der Waals surface area contributed by atoms with E-state index >= 15 is 0 Å². The molecule has 0 spiro atoms. The number of carboxylic acids is 1. The molecule has 0 saturated carbocycles. The second-order valence-electron chi connectivity index (χ2n) is 5.82. The van der Waals surface area contributed by atoms with Gasteiger partial charge in [-0.05, 0) is 24.6 Å². The number of sulfonamides is 1. The predicted molar refractivity (Wildman–Crippen MR) is 91.5 cm³/mol. The molecule has 1 saturated heterocycles. The van der Waals surface area contributed by atoms with Crippen molar-refractivity contribution in [2.24, 2.45) is 0 Å². The molecule has 1 atom stereocenters. The summed E-state index contributed by atoms with van der Waals surface area (Å²) >= 11 is 0. The van der Waals surface area contributed by atoms with Crippen molar-refractivity contribution < 1.29 is 32.6 Å². The molecule has 2 N–H and O–H groups in total. The lowest BCUT2D eigenvalue weighted by Gasteiger charge is -2.26. The average Bonchev–Trinajstić information content (AvgIpc) is 2.62. The van der Waals surface area contributed by atoms with Crippen LogP contribution in [-0.4, -0.2) is 75.8 Å². The minimum absolute atomic E-state index is 0.0191. The van der Waals surface area contributed by atoms with Gasteiger partial charge in [0, 0.05) is 25.8 Å². The lowest BCUT2D eigenvalue weighted by Crippen LogP contribution is -2.44. The molecule has 1 heterocycles. The van der Waals surface area contributed by atoms with Gasteiger partial charge in [0.15, 0.2) is 6.04 Å². The Morgan fingerprint density at radius 2 is 2.00 bits per heavy atom. The van der Waals surface area contributed by atoms with Crippen molar-refractivity contribution in [3.63, 3.8) is 0 Å². The smallest absolute Gasteiger partial charge is 0.328 e. The van der Waals surface area contributed by atoms with Crippen LogP contribution in [-0.2, 0) is 24.3 Å². The first-order valence-corrected chi connectivity index (χ1v) is 9.42. The normalized spacial score (nSPS) is 16.8. The van der Waals surface area contributed by atoms with E-state index in [-0.39, 0.29) is 30.2 Å². The number of nitrogens with zero attached hydrogens (tertiary/aromatic N) is 1. The molecule has 0 bridgehead atoms. The Morgan fingerprint density at radius 1 is 1.35 bits per heavy atom. The maximum absolute atomic E-state index is 12.8. The number of carboxylic acid groups (broad SMARTS) is 1. The van der Waals surface area contributed by atoms with Crippen molar-refractivity contribution in [3.8, 4) is 0 Å². The standard InChI is InChI=1S/C16H22N2O7S/c1-11-3-4-12(15(19)17-13(10-24-2)16(20)21)9-14(11)26(22,23)18-5-7-25-8-6-18/h3-4,9,13H,5-8,10H2,1-2H3,(H,17,19)(H,20,21). The van der Waals surface area contributed by atoms with Crippen LogP contribution in [0, 0.1) is 6.92 Å². The fourth-order valence-corrected chi connectivity index (χ4v) is 4.19. The lowest BCUT2D eigenvalue weighted by molar-refractivity contribution is -0.140. The number of morpholine rings is 1. The Morgan fingerprint density at radius 3 is 2.58 bits per heavy atom. The van der Waals surface area contributed by atoms with E-state index in [2.05, 4.69) is 5.32 Å². The van der Waals surface area contributed by atoms with E-state index in [1.165, 1.54) is 29.6 Å². The van der Waals surface area contributed by atoms with Gasteiger partial charge in [0.2, 0.25) is 10.0 Å². The molecule has 1 aliphatic rings. The van der Waals surface area contributed by atoms with Crippen molar-refractivity contribution in [3.05, 3.63) is 29.3 Å². The average molecular weight is 386 g/mol. The molecule has 0 aromatic heterocycles. The van der Waals surface area contributed by atoms with Crippen LogP contribution in [0.25, 0.3) is 0 Å². The number of hydrogen-bond donors (Lipinski definition) is 2. The van der Waals surface area contributed by atoms with E-state index in [4.69, 9.17) is 14.6 Å². The van der Waals surface area contributed by atoms with E-state index in [0.717, 1.165) is 0 Å². The summed E-state index contributed by atoms with van der Waals surface area (Å²) < 4.78 is 36.9. The first kappa shape index (κ1) is 20.3. The van der Waals surface area contributed by atoms with Gasteiger partial charge in [0.05, 0.1) is 24.7 Å². The maximum Gasteiger partial charge on any atom is 0.328 e. The van der Waals surface area contributed by atoms with Crippen molar-refractivity contribution in [1.82, 2.24) is 9.62 Å². The number of benzene rings is 1. The topological polar surface area (TPSA) is 122 Å². The summed E-state index contributed by atoms with van der Waals surface area (Å²) in [6, 6.07) is 3.01. The highest BCUT2D eigenvalue weighted by Crippen LogP contribution is 2.22. The first-order valence-electron chi connectivity index (χ1n) is 7.98. The van der Waals surface area contributed by atoms with Gasteiger partial charge in [0.1, 0.15) is 0 Å². The van der Waals surface area contributed by atoms with Gasteiger partial charge in [-0.2, -0.15) is 4.31 Å². The zero-order valence-corrected chi connectivity index (χ0v) is 15.4. The van der Waals surface area contributed by atoms with Crippen molar-refractivity contribution in [2.75, 3.05) is 40.0 Å². The van der Waals surface area contributed by atoms with Crippen LogP contribution in [0.5, 0.6) is 0 Å². The number of ether oxygens (including phenoxy) is 2. The SMILES string of the molecule is COCC(NC(=O)c1ccc(C)c(S(=O)(=O)N2CCOCC2)c1)C(=O)O. The van der Waals surface area contributed by atoms with Gasteiger partial charge < -0.3 is 19.9 Å². The van der Waals surface area contributed by atoms with Gasteiger partial charge >= 0.3 is 5.97 Å². The molecule has 144 valence electrons. The van der Waals surface area contributed by atoms with Gasteiger partial charge in [-0.15, -0.1) is 0 Å². The Balaban J connectivity index is 2.28. The molecular formula is C16H22N2O7S. The molecule has 1 aromatic rings. The third kappa shape index (κ3) is 4.58. The van der Waals surface area contributed by atoms with Crippen LogP contribution in [0.2, 0.25) is 0 Å². The van der Waals surface area contributed by atoms with Crippen molar-refractivity contribution in [2.45, 2.75) is 17.9 Å². The molecule has 26 heavy (non-hydrogen) atoms. The lowest BCUT2D eigenvalue weighted by atomic mass is 10.1. The highest BCUT2D eigenvalue weighted by molar-refractivity contribution is 7.89. The highest BCUT2D eigenvalue weighted by Gasteiger charge is 2.29. The van der Waals surface area contributed by atoms with Crippen molar-refractivity contribution >= 4 is 21.9 Å². The molecule has 10 heteroatoms. The molecule has 1 aromatic carbocycles. The molecule has 1 amide bonds. The van der Waals surface area contributed by atoms with E-state index in [1.807, 2.05) is 0 Å². The second kappa shape index (κ2) is 8.58. The van der Waals surface area contributed by atoms with E-state index in [1.54, 1.807) is 6.92 Å². The predicted octanol–water partition coefficient (Wildman–Crippen LogP) is -0.155. The number of carbonyl (C=O) groups excluding carboxylic acids is 1. The summed E-state index contributed by atoms with van der Waals surface area (Å²) in [5, 5.41) is 11.4. The Bertz CT molecular complexity index is 773. The summed E-state index contributed by atoms with van der Waals surface area (Å²) in [5.74, 6) is -1.93.